The molecule has 1 aliphatic carbocycles. The first-order chi connectivity index (χ1) is 14.8. The van der Waals surface area contributed by atoms with Crippen LogP contribution in [0.5, 0.6) is 0 Å². The molecular weight excluding hydrogens is 392 g/mol. The van der Waals surface area contributed by atoms with Gasteiger partial charge in [0.2, 0.25) is 0 Å². The van der Waals surface area contributed by atoms with Crippen LogP contribution in [0.4, 0.5) is 4.79 Å². The molecule has 0 bridgehead atoms. The molecule has 168 valence electrons. The van der Waals surface area contributed by atoms with Crippen molar-refractivity contribution in [3.63, 3.8) is 0 Å². The molecule has 0 radical (unpaired) electrons. The van der Waals surface area contributed by atoms with E-state index in [1.807, 2.05) is 45.0 Å². The minimum atomic E-state index is -0.920. The van der Waals surface area contributed by atoms with Crippen LogP contribution in [0.1, 0.15) is 50.7 Å². The molecule has 1 amide bonds. The Bertz CT molecular complexity index is 872. The van der Waals surface area contributed by atoms with Crippen LogP contribution in [0.2, 0.25) is 0 Å². The van der Waals surface area contributed by atoms with Crippen LogP contribution in [0.25, 0.3) is 0 Å². The summed E-state index contributed by atoms with van der Waals surface area (Å²) in [6, 6.07) is 7.57. The standard InChI is InChI=1S/C25H34N2O4/c1-17(2)22(26-4)23(28)31-25(14-11-19-9-6-8-18(3)16-19)13-7-10-21-20(25)12-15-27(21)24(29)30-5/h6,8-9,16-17,20-22,26H,7,10,12-13,15H2,1-5H3/t20-,21-,22+,25-/m1/s1. The maximum atomic E-state index is 13.2. The number of hydrogen-bond acceptors (Lipinski definition) is 5. The quantitative estimate of drug-likeness (QED) is 0.589. The number of esters is 1. The van der Waals surface area contributed by atoms with Crippen molar-refractivity contribution < 1.29 is 19.1 Å². The Kier molecular flexibility index (Phi) is 7.27. The van der Waals surface area contributed by atoms with Gasteiger partial charge >= 0.3 is 12.1 Å². The summed E-state index contributed by atoms with van der Waals surface area (Å²) in [6.45, 7) is 6.60. The van der Waals surface area contributed by atoms with E-state index in [-0.39, 0.29) is 29.9 Å². The second-order valence-corrected chi connectivity index (χ2v) is 8.96. The van der Waals surface area contributed by atoms with Gasteiger partial charge in [0, 0.05) is 24.1 Å². The van der Waals surface area contributed by atoms with Crippen molar-refractivity contribution in [1.82, 2.24) is 10.2 Å². The number of likely N-dealkylation sites (tertiary alicyclic amines) is 1. The average molecular weight is 427 g/mol. The largest absolute Gasteiger partial charge is 0.453 e. The highest BCUT2D eigenvalue weighted by molar-refractivity contribution is 5.77. The average Bonchev–Trinajstić information content (AvgIpc) is 3.18. The van der Waals surface area contributed by atoms with E-state index in [0.29, 0.717) is 13.0 Å². The van der Waals surface area contributed by atoms with Gasteiger partial charge in [0.25, 0.3) is 0 Å². The van der Waals surface area contributed by atoms with Crippen molar-refractivity contribution >= 4 is 12.1 Å². The fraction of sp³-hybridized carbons (Fsp3) is 0.600. The summed E-state index contributed by atoms with van der Waals surface area (Å²) in [5, 5.41) is 3.08. The van der Waals surface area contributed by atoms with Crippen molar-refractivity contribution in [2.45, 2.75) is 64.1 Å². The van der Waals surface area contributed by atoms with Gasteiger partial charge in [-0.2, -0.15) is 0 Å². The molecule has 31 heavy (non-hydrogen) atoms. The number of carbonyl (C=O) groups is 2. The molecule has 0 spiro atoms. The Morgan fingerprint density at radius 3 is 2.71 bits per heavy atom. The second-order valence-electron chi connectivity index (χ2n) is 8.96. The molecule has 1 saturated heterocycles. The van der Waals surface area contributed by atoms with E-state index in [1.165, 1.54) is 7.11 Å². The Morgan fingerprint density at radius 2 is 2.06 bits per heavy atom. The van der Waals surface area contributed by atoms with Crippen LogP contribution in [0.3, 0.4) is 0 Å². The number of nitrogens with zero attached hydrogens (tertiary/aromatic N) is 1. The van der Waals surface area contributed by atoms with E-state index in [4.69, 9.17) is 9.47 Å². The molecule has 3 rings (SSSR count). The van der Waals surface area contributed by atoms with Gasteiger partial charge in [0.1, 0.15) is 6.04 Å². The van der Waals surface area contributed by atoms with E-state index in [2.05, 4.69) is 17.2 Å². The SMILES string of the molecule is CN[C@H](C(=O)O[C@@]1(C#Cc2cccc(C)c2)CCC[C@@H]2[C@H]1CCN2C(=O)OC)C(C)C. The third kappa shape index (κ3) is 4.88. The summed E-state index contributed by atoms with van der Waals surface area (Å²) < 4.78 is 11.3. The van der Waals surface area contributed by atoms with E-state index < -0.39 is 11.6 Å². The van der Waals surface area contributed by atoms with Crippen molar-refractivity contribution in [1.29, 1.82) is 0 Å². The maximum absolute atomic E-state index is 13.2. The molecule has 1 aromatic rings. The minimum absolute atomic E-state index is 0.0344. The lowest BCUT2D eigenvalue weighted by Crippen LogP contribution is -2.54. The van der Waals surface area contributed by atoms with Gasteiger partial charge in [-0.15, -0.1) is 0 Å². The number of aryl methyl sites for hydroxylation is 1. The molecule has 1 heterocycles. The van der Waals surface area contributed by atoms with Crippen LogP contribution < -0.4 is 5.32 Å². The first-order valence-corrected chi connectivity index (χ1v) is 11.2. The molecule has 4 atom stereocenters. The fourth-order valence-electron chi connectivity index (χ4n) is 5.03. The van der Waals surface area contributed by atoms with E-state index in [1.54, 1.807) is 11.9 Å². The van der Waals surface area contributed by atoms with E-state index in [0.717, 1.165) is 30.4 Å². The van der Waals surface area contributed by atoms with Crippen LogP contribution in [0, 0.1) is 30.6 Å². The lowest BCUT2D eigenvalue weighted by atomic mass is 9.72. The lowest BCUT2D eigenvalue weighted by molar-refractivity contribution is -0.166. The third-order valence-electron chi connectivity index (χ3n) is 6.55. The lowest BCUT2D eigenvalue weighted by Gasteiger charge is -2.43. The van der Waals surface area contributed by atoms with Gasteiger partial charge < -0.3 is 19.7 Å². The summed E-state index contributed by atoms with van der Waals surface area (Å²) >= 11 is 0. The number of benzene rings is 1. The zero-order valence-corrected chi connectivity index (χ0v) is 19.2. The molecule has 1 saturated carbocycles. The Morgan fingerprint density at radius 1 is 1.29 bits per heavy atom. The number of amides is 1. The zero-order valence-electron chi connectivity index (χ0n) is 19.2. The number of carbonyl (C=O) groups excluding carboxylic acids is 2. The van der Waals surface area contributed by atoms with Crippen molar-refractivity contribution in [3.8, 4) is 11.8 Å². The number of nitrogens with one attached hydrogen (secondary N) is 1. The van der Waals surface area contributed by atoms with Crippen LogP contribution in [-0.2, 0) is 14.3 Å². The monoisotopic (exact) mass is 426 g/mol. The number of fused-ring (bicyclic) bond motifs is 1. The molecule has 2 fully saturated rings. The molecule has 0 aromatic heterocycles. The van der Waals surface area contributed by atoms with Crippen molar-refractivity contribution in [3.05, 3.63) is 35.4 Å². The molecule has 6 heteroatoms. The number of methoxy groups -OCH3 is 1. The number of ether oxygens (including phenoxy) is 2. The van der Waals surface area contributed by atoms with Gasteiger partial charge in [-0.1, -0.05) is 31.9 Å². The molecule has 1 N–H and O–H groups in total. The third-order valence-corrected chi connectivity index (χ3v) is 6.55. The fourth-order valence-corrected chi connectivity index (χ4v) is 5.03. The summed E-state index contributed by atoms with van der Waals surface area (Å²) in [5.41, 5.74) is 1.11. The first-order valence-electron chi connectivity index (χ1n) is 11.2. The molecule has 0 unspecified atom stereocenters. The Hall–Kier alpha value is -2.52. The predicted molar refractivity (Wildman–Crippen MR) is 119 cm³/mol. The van der Waals surface area contributed by atoms with Crippen LogP contribution >= 0.6 is 0 Å². The Balaban J connectivity index is 1.98. The highest BCUT2D eigenvalue weighted by Gasteiger charge is 2.54. The summed E-state index contributed by atoms with van der Waals surface area (Å²) in [6.07, 6.45) is 2.78. The van der Waals surface area contributed by atoms with Crippen LogP contribution in [-0.4, -0.2) is 55.3 Å². The van der Waals surface area contributed by atoms with Gasteiger partial charge in [0.15, 0.2) is 5.60 Å². The predicted octanol–water partition coefficient (Wildman–Crippen LogP) is 3.51. The topological polar surface area (TPSA) is 67.9 Å². The highest BCUT2D eigenvalue weighted by Crippen LogP contribution is 2.45. The molecule has 6 nitrogen and oxygen atoms in total. The van der Waals surface area contributed by atoms with Gasteiger partial charge in [0.05, 0.1) is 7.11 Å². The molecular formula is C25H34N2O4. The summed E-state index contributed by atoms with van der Waals surface area (Å²) in [7, 11) is 3.18. The van der Waals surface area contributed by atoms with Crippen molar-refractivity contribution in [2.75, 3.05) is 20.7 Å². The van der Waals surface area contributed by atoms with Gasteiger partial charge in [-0.05, 0) is 69.2 Å². The maximum Gasteiger partial charge on any atom is 0.409 e. The number of rotatable bonds is 4. The minimum Gasteiger partial charge on any atom is -0.453 e. The van der Waals surface area contributed by atoms with Crippen molar-refractivity contribution in [2.24, 2.45) is 11.8 Å². The first kappa shape index (κ1) is 23.1. The molecule has 2 aliphatic rings. The van der Waals surface area contributed by atoms with Gasteiger partial charge in [-0.25, -0.2) is 4.79 Å². The number of hydrogen-bond donors (Lipinski definition) is 1. The zero-order chi connectivity index (χ0) is 22.6. The smallest absolute Gasteiger partial charge is 0.409 e. The van der Waals surface area contributed by atoms with E-state index in [9.17, 15) is 9.59 Å². The molecule has 1 aromatic carbocycles. The summed E-state index contributed by atoms with van der Waals surface area (Å²) in [5.74, 6) is 6.42. The van der Waals surface area contributed by atoms with E-state index >= 15 is 0 Å². The highest BCUT2D eigenvalue weighted by atomic mass is 16.6. The summed E-state index contributed by atoms with van der Waals surface area (Å²) in [4.78, 5) is 27.2. The van der Waals surface area contributed by atoms with Crippen LogP contribution in [0.15, 0.2) is 24.3 Å². The number of likely N-dealkylation sites (N-methyl/N-ethyl adjacent to an activating group) is 1. The second kappa shape index (κ2) is 9.74. The Labute approximate surface area is 185 Å². The van der Waals surface area contributed by atoms with Gasteiger partial charge in [-0.3, -0.25) is 4.79 Å². The normalized spacial score (nSPS) is 25.9. The molecule has 1 aliphatic heterocycles.